The molecule has 0 aliphatic rings. The average molecular weight is 343 g/mol. The quantitative estimate of drug-likeness (QED) is 0.465. The summed E-state index contributed by atoms with van der Waals surface area (Å²) in [4.78, 5) is 0. The maximum Gasteiger partial charge on any atom is 2.00 e. The zero-order valence-corrected chi connectivity index (χ0v) is 14.5. The molecule has 66 valence electrons. The Hall–Kier alpha value is -1.29. The molecule has 0 unspecified atom stereocenters. The fourth-order valence-corrected chi connectivity index (χ4v) is 0. The van der Waals surface area contributed by atoms with Gasteiger partial charge in [0, 0.05) is 0 Å². The van der Waals surface area contributed by atoms with Crippen LogP contribution in [0.3, 0.4) is 0 Å². The van der Waals surface area contributed by atoms with E-state index in [1.807, 2.05) is 0 Å². The van der Waals surface area contributed by atoms with Gasteiger partial charge in [0.1, 0.15) is 0 Å². The second kappa shape index (κ2) is 1040. The molecule has 0 aromatic carbocycles. The third kappa shape index (κ3) is 870. The van der Waals surface area contributed by atoms with Gasteiger partial charge in [0.2, 0.25) is 0 Å². The van der Waals surface area contributed by atoms with Crippen molar-refractivity contribution in [1.29, 1.82) is 31.6 Å². The predicted molar refractivity (Wildman–Crippen MR) is 29.8 cm³/mol. The van der Waals surface area contributed by atoms with Crippen LogP contribution in [0.4, 0.5) is 0 Å². The Kier molecular flexibility index (Phi) is 6930. The smallest absolute Gasteiger partial charge is 0.512 e. The summed E-state index contributed by atoms with van der Waals surface area (Å²) in [6, 6.07) is 0. The molecule has 0 heterocycles. The first-order valence-corrected chi connectivity index (χ1v) is 1.34. The van der Waals surface area contributed by atoms with E-state index in [-0.39, 0.29) is 56.0 Å². The number of hydrogen-bond donors (Lipinski definition) is 0. The Balaban J connectivity index is -0.00000000396. The van der Waals surface area contributed by atoms with Crippen molar-refractivity contribution < 1.29 is 56.0 Å². The summed E-state index contributed by atoms with van der Waals surface area (Å²) in [5.74, 6) is 0. The Bertz CT molecular complexity index is 101. The molecule has 0 radical (unpaired) electrons. The standard InChI is InChI=1S/6CN.Fe.2Zn/c6*1-2;;;/q6*-1;3*+2. The first kappa shape index (κ1) is 99.9. The minimum Gasteiger partial charge on any atom is -0.512 e. The van der Waals surface area contributed by atoms with E-state index in [2.05, 4.69) is 0 Å². The van der Waals surface area contributed by atoms with Crippen molar-refractivity contribution in [2.24, 2.45) is 0 Å². The summed E-state index contributed by atoms with van der Waals surface area (Å²) in [5, 5.41) is 37.5. The molecule has 0 amide bonds. The number of nitrogens with zero attached hydrogens (tertiary/aromatic N) is 6. The molecule has 0 spiro atoms. The predicted octanol–water partition coefficient (Wildman–Crippen LogP) is 0.571. The molecule has 0 atom stereocenters. The van der Waals surface area contributed by atoms with Crippen LogP contribution in [0.2, 0.25) is 0 Å². The van der Waals surface area contributed by atoms with Crippen LogP contribution in [-0.2, 0) is 56.0 Å². The molecule has 0 aromatic heterocycles. The first-order chi connectivity index (χ1) is 6.00. The molecule has 0 rings (SSSR count). The zero-order valence-electron chi connectivity index (χ0n) is 7.45. The van der Waals surface area contributed by atoms with Crippen LogP contribution < -0.4 is 0 Å². The maximum atomic E-state index is 6.25. The summed E-state index contributed by atoms with van der Waals surface area (Å²) in [6.45, 7) is 28.5. The second-order valence-electron chi connectivity index (χ2n) is 0. The third-order valence-electron chi connectivity index (χ3n) is 0. The van der Waals surface area contributed by atoms with Gasteiger partial charge in [0.25, 0.3) is 0 Å². The van der Waals surface area contributed by atoms with E-state index < -0.39 is 0 Å². The van der Waals surface area contributed by atoms with Crippen molar-refractivity contribution in [1.82, 2.24) is 0 Å². The molecule has 0 saturated heterocycles. The molecule has 15 heavy (non-hydrogen) atoms. The van der Waals surface area contributed by atoms with Gasteiger partial charge in [-0.15, -0.1) is 0 Å². The summed E-state index contributed by atoms with van der Waals surface area (Å²) in [5.41, 5.74) is 0. The molecule has 0 aliphatic carbocycles. The zero-order chi connectivity index (χ0) is 12.0. The van der Waals surface area contributed by atoms with Crippen LogP contribution in [0, 0.1) is 71.0 Å². The van der Waals surface area contributed by atoms with E-state index >= 15 is 0 Å². The van der Waals surface area contributed by atoms with Crippen molar-refractivity contribution >= 4 is 0 Å². The van der Waals surface area contributed by atoms with Gasteiger partial charge >= 0.3 is 56.0 Å². The maximum absolute atomic E-state index is 6.25. The van der Waals surface area contributed by atoms with Crippen LogP contribution in [-0.4, -0.2) is 0 Å². The molecule has 0 saturated carbocycles. The fraction of sp³-hybridized carbons (Fsp3) is 0. The Labute approximate surface area is 126 Å². The van der Waals surface area contributed by atoms with Gasteiger partial charge in [-0.1, -0.05) is 0 Å². The van der Waals surface area contributed by atoms with Gasteiger partial charge in [-0.3, -0.25) is 0 Å². The molecule has 0 fully saturated rings. The van der Waals surface area contributed by atoms with Gasteiger partial charge in [-0.25, -0.2) is 0 Å². The Morgan fingerprint density at radius 1 is 0.333 bits per heavy atom. The van der Waals surface area contributed by atoms with Crippen molar-refractivity contribution in [3.8, 4) is 0 Å². The molecule has 0 N–H and O–H groups in total. The minimum atomic E-state index is 0. The normalized spacial score (nSPS) is 0.800. The summed E-state index contributed by atoms with van der Waals surface area (Å²) >= 11 is 0. The van der Waals surface area contributed by atoms with Crippen molar-refractivity contribution in [3.05, 3.63) is 39.4 Å². The second-order valence-corrected chi connectivity index (χ2v) is 0. The number of hydrogen-bond acceptors (Lipinski definition) is 6. The van der Waals surface area contributed by atoms with E-state index in [1.54, 1.807) is 0 Å². The van der Waals surface area contributed by atoms with Crippen LogP contribution in [0.1, 0.15) is 0 Å². The third-order valence-corrected chi connectivity index (χ3v) is 0. The summed E-state index contributed by atoms with van der Waals surface area (Å²) in [6.07, 6.45) is 0. The van der Waals surface area contributed by atoms with Crippen LogP contribution in [0.25, 0.3) is 0 Å². The number of rotatable bonds is 0. The Morgan fingerprint density at radius 3 is 0.333 bits per heavy atom. The van der Waals surface area contributed by atoms with Crippen LogP contribution in [0.15, 0.2) is 0 Å². The molecule has 6 nitrogen and oxygen atoms in total. The van der Waals surface area contributed by atoms with Crippen molar-refractivity contribution in [2.45, 2.75) is 0 Å². The largest absolute Gasteiger partial charge is 2.00 e. The first-order valence-electron chi connectivity index (χ1n) is 1.34. The SMILES string of the molecule is [C-]#N.[C-]#N.[C-]#N.[C-]#N.[C-]#N.[C-]#N.[Fe+2].[Zn+2].[Zn+2]. The molecule has 0 aromatic rings. The Morgan fingerprint density at radius 2 is 0.333 bits per heavy atom. The molecular weight excluding hydrogens is 343 g/mol. The van der Waals surface area contributed by atoms with Gasteiger partial charge in [-0.2, -0.15) is 0 Å². The van der Waals surface area contributed by atoms with E-state index in [0.29, 0.717) is 0 Å². The molecule has 9 heteroatoms. The van der Waals surface area contributed by atoms with E-state index in [9.17, 15) is 0 Å². The summed E-state index contributed by atoms with van der Waals surface area (Å²) < 4.78 is 0. The average Bonchev–Trinajstić information content (AvgIpc) is 2.33. The van der Waals surface area contributed by atoms with Gasteiger partial charge in [0.05, 0.1) is 0 Å². The molecule has 0 bridgehead atoms. The van der Waals surface area contributed by atoms with Gasteiger partial charge in [0.15, 0.2) is 0 Å². The monoisotopic (exact) mass is 340 g/mol. The van der Waals surface area contributed by atoms with Crippen molar-refractivity contribution in [3.63, 3.8) is 0 Å². The van der Waals surface area contributed by atoms with Crippen LogP contribution >= 0.6 is 0 Å². The minimum absolute atomic E-state index is 0. The van der Waals surface area contributed by atoms with Gasteiger partial charge < -0.3 is 71.0 Å². The van der Waals surface area contributed by atoms with Gasteiger partial charge in [-0.05, 0) is 0 Å². The fourth-order valence-electron chi connectivity index (χ4n) is 0. The summed E-state index contributed by atoms with van der Waals surface area (Å²) in [7, 11) is 0. The van der Waals surface area contributed by atoms with Crippen LogP contribution in [0.5, 0.6) is 0 Å². The van der Waals surface area contributed by atoms with Crippen molar-refractivity contribution in [2.75, 3.05) is 0 Å². The van der Waals surface area contributed by atoms with E-state index in [0.717, 1.165) is 0 Å². The topological polar surface area (TPSA) is 143 Å². The van der Waals surface area contributed by atoms with E-state index in [4.69, 9.17) is 71.0 Å². The molecular formula is C6FeN6Zn2. The molecule has 0 aliphatic heterocycles. The van der Waals surface area contributed by atoms with E-state index in [1.165, 1.54) is 0 Å².